The molecule has 13 heteroatoms. The van der Waals surface area contributed by atoms with Crippen molar-refractivity contribution in [3.8, 4) is 11.1 Å². The van der Waals surface area contributed by atoms with Gasteiger partial charge in [-0.3, -0.25) is 15.2 Å². The normalized spacial score (nSPS) is 13.0. The van der Waals surface area contributed by atoms with Crippen LogP contribution in [0, 0.1) is 5.82 Å². The number of rotatable bonds is 3. The first kappa shape index (κ1) is 26.7. The zero-order valence-corrected chi connectivity index (χ0v) is 19.1. The van der Waals surface area contributed by atoms with E-state index in [1.807, 2.05) is 5.10 Å². The largest absolute Gasteiger partial charge is 0.433 e. The summed E-state index contributed by atoms with van der Waals surface area (Å²) in [5.41, 5.74) is -3.64. The van der Waals surface area contributed by atoms with Crippen LogP contribution in [-0.2, 0) is 12.4 Å². The lowest BCUT2D eigenvalue weighted by Crippen LogP contribution is -2.38. The van der Waals surface area contributed by atoms with Crippen LogP contribution < -0.4 is 10.6 Å². The zero-order valence-electron chi connectivity index (χ0n) is 19.1. The van der Waals surface area contributed by atoms with Crippen LogP contribution in [-0.4, -0.2) is 27.6 Å². The van der Waals surface area contributed by atoms with Crippen LogP contribution in [0.4, 0.5) is 36.6 Å². The second-order valence-electron chi connectivity index (χ2n) is 8.61. The highest BCUT2D eigenvalue weighted by atomic mass is 19.4. The lowest BCUT2D eigenvalue weighted by molar-refractivity contribution is -0.140. The van der Waals surface area contributed by atoms with Crippen molar-refractivity contribution >= 4 is 17.7 Å². The van der Waals surface area contributed by atoms with Gasteiger partial charge in [0.25, 0.3) is 5.91 Å². The number of hydrogen-bond acceptors (Lipinski definition) is 3. The molecule has 0 aliphatic heterocycles. The van der Waals surface area contributed by atoms with Gasteiger partial charge >= 0.3 is 12.4 Å². The Labute approximate surface area is 200 Å². The zero-order chi connectivity index (χ0) is 26.9. The molecule has 0 aliphatic rings. The number of carbonyl (C=O) groups is 1. The molecule has 3 rings (SSSR count). The summed E-state index contributed by atoms with van der Waals surface area (Å²) in [4.78, 5) is 16.9. The van der Waals surface area contributed by atoms with Gasteiger partial charge in [-0.25, -0.2) is 9.38 Å². The van der Waals surface area contributed by atoms with Crippen LogP contribution in [0.5, 0.6) is 0 Å². The number of guanidine groups is 1. The first-order valence-corrected chi connectivity index (χ1v) is 10.3. The predicted octanol–water partition coefficient (Wildman–Crippen LogP) is 6.25. The fourth-order valence-electron chi connectivity index (χ4n) is 3.06. The Morgan fingerprint density at radius 3 is 1.97 bits per heavy atom. The number of H-pyrrole nitrogens is 1. The van der Waals surface area contributed by atoms with E-state index in [-0.39, 0.29) is 22.9 Å². The van der Waals surface area contributed by atoms with E-state index in [1.54, 1.807) is 20.8 Å². The van der Waals surface area contributed by atoms with Gasteiger partial charge in [0, 0.05) is 5.56 Å². The number of aliphatic imine (C=N–C) groups is 1. The summed E-state index contributed by atoms with van der Waals surface area (Å²) in [5.74, 6) is -2.21. The minimum absolute atomic E-state index is 0.0239. The fourth-order valence-corrected chi connectivity index (χ4v) is 3.06. The molecule has 192 valence electrons. The number of alkyl halides is 6. The molecule has 0 atom stereocenters. The number of nitrogens with one attached hydrogen (secondary N) is 3. The van der Waals surface area contributed by atoms with Gasteiger partial charge in [-0.15, -0.1) is 0 Å². The third kappa shape index (κ3) is 6.61. The second-order valence-corrected chi connectivity index (χ2v) is 8.61. The summed E-state index contributed by atoms with van der Waals surface area (Å²) < 4.78 is 92.7. The van der Waals surface area contributed by atoms with Gasteiger partial charge in [0.15, 0.2) is 5.82 Å². The minimum atomic E-state index is -4.85. The van der Waals surface area contributed by atoms with Gasteiger partial charge in [0.05, 0.1) is 16.7 Å². The van der Waals surface area contributed by atoms with Crippen molar-refractivity contribution in [1.82, 2.24) is 15.5 Å². The van der Waals surface area contributed by atoms with E-state index < -0.39 is 46.4 Å². The molecule has 6 nitrogen and oxygen atoms in total. The van der Waals surface area contributed by atoms with E-state index >= 15 is 0 Å². The molecule has 0 aliphatic carbocycles. The van der Waals surface area contributed by atoms with Crippen molar-refractivity contribution in [3.05, 3.63) is 71.2 Å². The van der Waals surface area contributed by atoms with Crippen molar-refractivity contribution in [2.45, 2.75) is 38.7 Å². The maximum Gasteiger partial charge on any atom is 0.433 e. The highest BCUT2D eigenvalue weighted by molar-refractivity contribution is 6.10. The third-order valence-electron chi connectivity index (χ3n) is 4.57. The number of aromatic nitrogens is 2. The predicted molar refractivity (Wildman–Crippen MR) is 119 cm³/mol. The Morgan fingerprint density at radius 2 is 1.47 bits per heavy atom. The van der Waals surface area contributed by atoms with Crippen LogP contribution in [0.15, 0.2) is 53.5 Å². The summed E-state index contributed by atoms with van der Waals surface area (Å²) in [6.45, 7) is 4.93. The number of halogens is 7. The molecule has 1 aromatic heterocycles. The molecule has 0 spiro atoms. The Balaban J connectivity index is 1.98. The lowest BCUT2D eigenvalue weighted by atomic mass is 10.0. The van der Waals surface area contributed by atoms with Crippen LogP contribution in [0.1, 0.15) is 42.4 Å². The van der Waals surface area contributed by atoms with Gasteiger partial charge in [0.1, 0.15) is 11.5 Å². The third-order valence-corrected chi connectivity index (χ3v) is 4.57. The Hall–Kier alpha value is -3.90. The molecule has 36 heavy (non-hydrogen) atoms. The highest BCUT2D eigenvalue weighted by Gasteiger charge is 2.38. The van der Waals surface area contributed by atoms with Gasteiger partial charge in [0.2, 0.25) is 5.96 Å². The van der Waals surface area contributed by atoms with Crippen molar-refractivity contribution in [2.75, 3.05) is 5.32 Å². The van der Waals surface area contributed by atoms with Crippen LogP contribution in [0.2, 0.25) is 0 Å². The van der Waals surface area contributed by atoms with E-state index in [1.165, 1.54) is 0 Å². The summed E-state index contributed by atoms with van der Waals surface area (Å²) >= 11 is 0. The smallest absolute Gasteiger partial charge is 0.309 e. The van der Waals surface area contributed by atoms with E-state index in [9.17, 15) is 35.5 Å². The number of amides is 1. The van der Waals surface area contributed by atoms with Crippen molar-refractivity contribution in [3.63, 3.8) is 0 Å². The summed E-state index contributed by atoms with van der Waals surface area (Å²) in [6.07, 6.45) is -9.44. The van der Waals surface area contributed by atoms with Crippen molar-refractivity contribution < 1.29 is 35.5 Å². The average molecular weight is 515 g/mol. The lowest BCUT2D eigenvalue weighted by Gasteiger charge is -2.18. The molecule has 0 saturated heterocycles. The molecule has 1 heterocycles. The quantitative estimate of drug-likeness (QED) is 0.219. The number of hydrogen-bond donors (Lipinski definition) is 3. The Kier molecular flexibility index (Phi) is 7.14. The monoisotopic (exact) mass is 515 g/mol. The van der Waals surface area contributed by atoms with E-state index in [4.69, 9.17) is 0 Å². The number of anilines is 1. The van der Waals surface area contributed by atoms with E-state index in [2.05, 4.69) is 20.7 Å². The van der Waals surface area contributed by atoms with Crippen molar-refractivity contribution in [1.29, 1.82) is 0 Å². The molecule has 3 N–H and O–H groups in total. The van der Waals surface area contributed by atoms with Gasteiger partial charge < -0.3 is 5.32 Å². The first-order chi connectivity index (χ1) is 16.5. The number of aromatic amines is 1. The molecule has 0 radical (unpaired) electrons. The topological polar surface area (TPSA) is 82.2 Å². The number of nitrogens with zero attached hydrogens (tertiary/aromatic N) is 2. The number of carbonyl (C=O) groups excluding carboxylic acids is 1. The molecule has 2 aromatic carbocycles. The molecule has 0 unspecified atom stereocenters. The van der Waals surface area contributed by atoms with Crippen molar-refractivity contribution in [2.24, 2.45) is 4.99 Å². The van der Waals surface area contributed by atoms with Gasteiger partial charge in [-0.05, 0) is 62.7 Å². The maximum absolute atomic E-state index is 13.6. The Bertz CT molecular complexity index is 1250. The van der Waals surface area contributed by atoms with Crippen LogP contribution in [0.25, 0.3) is 11.1 Å². The fraction of sp³-hybridized carbons (Fsp3) is 0.261. The first-order valence-electron chi connectivity index (χ1n) is 10.3. The maximum atomic E-state index is 13.6. The molecule has 0 bridgehead atoms. The molecule has 3 aromatic rings. The standard InChI is InChI=1S/C23H20F7N5O/c1-21(2,3)33-20(32-19(36)13-4-8-14(9-5-13)22(25,26)27)31-18-16(12-6-10-15(24)11-7-12)17(34-35-18)23(28,29)30/h4-11H,1-3H3,(H3,31,32,33,34,35,36). The highest BCUT2D eigenvalue weighted by Crippen LogP contribution is 2.39. The van der Waals surface area contributed by atoms with E-state index in [0.717, 1.165) is 48.5 Å². The summed E-state index contributed by atoms with van der Waals surface area (Å²) in [6, 6.07) is 7.55. The molecule has 1 amide bonds. The number of benzene rings is 2. The molecular weight excluding hydrogens is 495 g/mol. The average Bonchev–Trinajstić information content (AvgIpc) is 3.16. The molecular formula is C23H20F7N5O. The van der Waals surface area contributed by atoms with Crippen LogP contribution >= 0.6 is 0 Å². The SMILES string of the molecule is CC(C)(C)N=C(NC(=O)c1ccc(C(F)(F)F)cc1)Nc1n[nH]c(C(F)(F)F)c1-c1ccc(F)cc1. The summed E-state index contributed by atoms with van der Waals surface area (Å²) in [5, 5.41) is 10.5. The Morgan fingerprint density at radius 1 is 0.889 bits per heavy atom. The van der Waals surface area contributed by atoms with Crippen LogP contribution in [0.3, 0.4) is 0 Å². The van der Waals surface area contributed by atoms with E-state index in [0.29, 0.717) is 0 Å². The minimum Gasteiger partial charge on any atom is -0.309 e. The van der Waals surface area contributed by atoms with Gasteiger partial charge in [-0.2, -0.15) is 31.4 Å². The molecule has 0 saturated carbocycles. The van der Waals surface area contributed by atoms with Gasteiger partial charge in [-0.1, -0.05) is 12.1 Å². The second kappa shape index (κ2) is 9.63. The summed E-state index contributed by atoms with van der Waals surface area (Å²) in [7, 11) is 0. The molecule has 0 fully saturated rings.